The van der Waals surface area contributed by atoms with Gasteiger partial charge < -0.3 is 16.4 Å². The molecule has 21 heavy (non-hydrogen) atoms. The molecule has 1 atom stereocenters. The predicted octanol–water partition coefficient (Wildman–Crippen LogP) is 1.27. The average Bonchev–Trinajstić information content (AvgIpc) is 2.37. The zero-order valence-electron chi connectivity index (χ0n) is 12.7. The fourth-order valence-electron chi connectivity index (χ4n) is 1.53. The Hall–Kier alpha value is -2.37. The van der Waals surface area contributed by atoms with Crippen LogP contribution in [0.3, 0.4) is 0 Å². The van der Waals surface area contributed by atoms with E-state index >= 15 is 0 Å². The van der Waals surface area contributed by atoms with Crippen LogP contribution in [0.5, 0.6) is 0 Å². The van der Waals surface area contributed by atoms with Gasteiger partial charge in [0, 0.05) is 5.41 Å². The molecule has 0 aliphatic carbocycles. The number of carbonyl (C=O) groups is 3. The smallest absolute Gasteiger partial charge is 0.250 e. The van der Waals surface area contributed by atoms with Gasteiger partial charge in [-0.3, -0.25) is 14.4 Å². The van der Waals surface area contributed by atoms with E-state index in [1.807, 2.05) is 0 Å². The van der Waals surface area contributed by atoms with Crippen LogP contribution in [0.15, 0.2) is 24.3 Å². The summed E-state index contributed by atoms with van der Waals surface area (Å²) < 4.78 is 0. The van der Waals surface area contributed by atoms with E-state index in [9.17, 15) is 14.4 Å². The Morgan fingerprint density at radius 2 is 1.71 bits per heavy atom. The highest BCUT2D eigenvalue weighted by Gasteiger charge is 2.25. The molecule has 1 aromatic rings. The van der Waals surface area contributed by atoms with E-state index in [1.54, 1.807) is 45.9 Å². The minimum Gasteiger partial charge on any atom is -0.366 e. The van der Waals surface area contributed by atoms with E-state index in [-0.39, 0.29) is 11.5 Å². The van der Waals surface area contributed by atoms with Crippen LogP contribution >= 0.6 is 0 Å². The highest BCUT2D eigenvalue weighted by Crippen LogP contribution is 2.15. The van der Waals surface area contributed by atoms with Gasteiger partial charge >= 0.3 is 0 Å². The molecule has 0 aliphatic rings. The fraction of sp³-hybridized carbons (Fsp3) is 0.400. The van der Waals surface area contributed by atoms with Crippen LogP contribution in [-0.4, -0.2) is 23.8 Å². The van der Waals surface area contributed by atoms with E-state index in [2.05, 4.69) is 10.6 Å². The van der Waals surface area contributed by atoms with Crippen molar-refractivity contribution in [1.29, 1.82) is 0 Å². The predicted molar refractivity (Wildman–Crippen MR) is 80.6 cm³/mol. The number of anilines is 1. The molecular formula is C15H21N3O3. The molecule has 0 radical (unpaired) electrons. The Morgan fingerprint density at radius 3 is 2.24 bits per heavy atom. The van der Waals surface area contributed by atoms with Gasteiger partial charge in [0.25, 0.3) is 5.91 Å². The topological polar surface area (TPSA) is 101 Å². The first-order chi connectivity index (χ1) is 9.62. The van der Waals surface area contributed by atoms with E-state index in [4.69, 9.17) is 5.73 Å². The van der Waals surface area contributed by atoms with Gasteiger partial charge in [-0.1, -0.05) is 32.9 Å². The molecule has 1 unspecified atom stereocenters. The van der Waals surface area contributed by atoms with Crippen LogP contribution in [0.1, 0.15) is 38.1 Å². The summed E-state index contributed by atoms with van der Waals surface area (Å²) in [6.45, 7) is 6.85. The van der Waals surface area contributed by atoms with Gasteiger partial charge in [0.15, 0.2) is 0 Å². The number of primary amides is 1. The molecule has 0 heterocycles. The van der Waals surface area contributed by atoms with Crippen molar-refractivity contribution < 1.29 is 14.4 Å². The highest BCUT2D eigenvalue weighted by molar-refractivity contribution is 6.04. The summed E-state index contributed by atoms with van der Waals surface area (Å²) in [7, 11) is 0. The highest BCUT2D eigenvalue weighted by atomic mass is 16.2. The molecule has 1 aromatic carbocycles. The molecule has 4 N–H and O–H groups in total. The molecule has 1 rings (SSSR count). The minimum absolute atomic E-state index is 0.222. The number of hydrogen-bond donors (Lipinski definition) is 3. The number of carbonyl (C=O) groups excluding carboxylic acids is 3. The lowest BCUT2D eigenvalue weighted by atomic mass is 9.95. The van der Waals surface area contributed by atoms with Crippen LogP contribution in [0, 0.1) is 5.41 Å². The lowest BCUT2D eigenvalue weighted by Crippen LogP contribution is -2.46. The van der Waals surface area contributed by atoms with E-state index in [1.165, 1.54) is 6.07 Å². The first-order valence-electron chi connectivity index (χ1n) is 6.63. The van der Waals surface area contributed by atoms with Gasteiger partial charge in [-0.2, -0.15) is 0 Å². The van der Waals surface area contributed by atoms with Crippen molar-refractivity contribution in [3.05, 3.63) is 29.8 Å². The van der Waals surface area contributed by atoms with Gasteiger partial charge in [-0.05, 0) is 19.1 Å². The van der Waals surface area contributed by atoms with Crippen LogP contribution in [0.4, 0.5) is 5.69 Å². The number of para-hydroxylation sites is 1. The molecule has 0 aromatic heterocycles. The molecule has 0 fully saturated rings. The maximum atomic E-state index is 12.1. The van der Waals surface area contributed by atoms with Crippen LogP contribution in [0.2, 0.25) is 0 Å². The van der Waals surface area contributed by atoms with Gasteiger partial charge in [0.2, 0.25) is 11.8 Å². The minimum atomic E-state index is -0.724. The largest absolute Gasteiger partial charge is 0.366 e. The second kappa shape index (κ2) is 6.39. The Labute approximate surface area is 124 Å². The number of nitrogens with two attached hydrogens (primary N) is 1. The molecule has 0 bridgehead atoms. The summed E-state index contributed by atoms with van der Waals surface area (Å²) in [5, 5.41) is 5.22. The third kappa shape index (κ3) is 4.59. The Bertz CT molecular complexity index is 562. The standard InChI is InChI=1S/C15H21N3O3/c1-9(17-14(21)15(2,3)4)13(20)18-11-8-6-5-7-10(11)12(16)19/h5-9H,1-4H3,(H2,16,19)(H,17,21)(H,18,20). The number of rotatable bonds is 4. The second-order valence-electron chi connectivity index (χ2n) is 5.84. The van der Waals surface area contributed by atoms with Gasteiger partial charge in [0.1, 0.15) is 6.04 Å². The summed E-state index contributed by atoms with van der Waals surface area (Å²) in [4.78, 5) is 35.2. The maximum Gasteiger partial charge on any atom is 0.250 e. The van der Waals surface area contributed by atoms with Crippen molar-refractivity contribution in [2.24, 2.45) is 11.1 Å². The number of amides is 3. The molecule has 3 amide bonds. The van der Waals surface area contributed by atoms with Crippen molar-refractivity contribution >= 4 is 23.4 Å². The fourth-order valence-corrected chi connectivity index (χ4v) is 1.53. The van der Waals surface area contributed by atoms with Crippen molar-refractivity contribution in [3.63, 3.8) is 0 Å². The number of hydrogen-bond acceptors (Lipinski definition) is 3. The molecule has 0 saturated heterocycles. The zero-order valence-corrected chi connectivity index (χ0v) is 12.7. The number of benzene rings is 1. The van der Waals surface area contributed by atoms with Gasteiger partial charge in [0.05, 0.1) is 11.3 Å². The molecule has 0 saturated carbocycles. The lowest BCUT2D eigenvalue weighted by molar-refractivity contribution is -0.131. The third-order valence-electron chi connectivity index (χ3n) is 2.87. The molecule has 0 aliphatic heterocycles. The first-order valence-corrected chi connectivity index (χ1v) is 6.63. The van der Waals surface area contributed by atoms with E-state index in [0.717, 1.165) is 0 Å². The SMILES string of the molecule is CC(NC(=O)C(C)(C)C)C(=O)Nc1ccccc1C(N)=O. The molecule has 0 spiro atoms. The zero-order chi connectivity index (χ0) is 16.2. The third-order valence-corrected chi connectivity index (χ3v) is 2.87. The maximum absolute atomic E-state index is 12.1. The summed E-state index contributed by atoms with van der Waals surface area (Å²) in [6, 6.07) is 5.71. The first kappa shape index (κ1) is 16.7. The second-order valence-corrected chi connectivity index (χ2v) is 5.84. The quantitative estimate of drug-likeness (QED) is 0.778. The molecule has 114 valence electrons. The van der Waals surface area contributed by atoms with E-state index < -0.39 is 23.3 Å². The summed E-state index contributed by atoms with van der Waals surface area (Å²) >= 11 is 0. The van der Waals surface area contributed by atoms with Crippen molar-refractivity contribution in [3.8, 4) is 0 Å². The van der Waals surface area contributed by atoms with Crippen LogP contribution < -0.4 is 16.4 Å². The number of nitrogens with one attached hydrogen (secondary N) is 2. The molecular weight excluding hydrogens is 270 g/mol. The van der Waals surface area contributed by atoms with Crippen LogP contribution in [-0.2, 0) is 9.59 Å². The normalized spacial score (nSPS) is 12.4. The van der Waals surface area contributed by atoms with Crippen LogP contribution in [0.25, 0.3) is 0 Å². The van der Waals surface area contributed by atoms with Gasteiger partial charge in [-0.15, -0.1) is 0 Å². The Morgan fingerprint density at radius 1 is 1.14 bits per heavy atom. The Balaban J connectivity index is 2.78. The average molecular weight is 291 g/mol. The lowest BCUT2D eigenvalue weighted by Gasteiger charge is -2.21. The summed E-state index contributed by atoms with van der Waals surface area (Å²) in [5.41, 5.74) is 5.21. The summed E-state index contributed by atoms with van der Waals surface area (Å²) in [6.07, 6.45) is 0. The monoisotopic (exact) mass is 291 g/mol. The molecule has 6 heteroatoms. The van der Waals surface area contributed by atoms with Crippen molar-refractivity contribution in [1.82, 2.24) is 5.32 Å². The van der Waals surface area contributed by atoms with E-state index in [0.29, 0.717) is 5.69 Å². The Kier molecular flexibility index (Phi) is 5.07. The van der Waals surface area contributed by atoms with Crippen molar-refractivity contribution in [2.45, 2.75) is 33.7 Å². The van der Waals surface area contributed by atoms with Crippen molar-refractivity contribution in [2.75, 3.05) is 5.32 Å². The molecule has 6 nitrogen and oxygen atoms in total. The summed E-state index contributed by atoms with van der Waals surface area (Å²) in [5.74, 6) is -1.27. The van der Waals surface area contributed by atoms with Gasteiger partial charge in [-0.25, -0.2) is 0 Å².